The predicted octanol–water partition coefficient (Wildman–Crippen LogP) is 1.04. The van der Waals surface area contributed by atoms with Crippen LogP contribution in [0, 0.1) is 0 Å². The van der Waals surface area contributed by atoms with Crippen LogP contribution in [0.3, 0.4) is 0 Å². The smallest absolute Gasteiger partial charge is 0.171 e. The molecule has 0 amide bonds. The molecule has 18 heavy (non-hydrogen) atoms. The number of halogens is 1. The van der Waals surface area contributed by atoms with Crippen LogP contribution in [0.2, 0.25) is 5.02 Å². The molecule has 0 aliphatic rings. The van der Waals surface area contributed by atoms with E-state index in [4.69, 9.17) is 27.6 Å². The number of oxime groups is 1. The zero-order chi connectivity index (χ0) is 13.5. The van der Waals surface area contributed by atoms with E-state index in [2.05, 4.69) is 10.1 Å². The van der Waals surface area contributed by atoms with Gasteiger partial charge < -0.3 is 20.9 Å². The second kappa shape index (κ2) is 7.03. The first kappa shape index (κ1) is 14.5. The summed E-state index contributed by atoms with van der Waals surface area (Å²) in [7, 11) is 0. The molecule has 0 aliphatic heterocycles. The van der Waals surface area contributed by atoms with Crippen LogP contribution >= 0.6 is 11.6 Å². The molecule has 0 radical (unpaired) electrons. The average Bonchev–Trinajstić information content (AvgIpc) is 2.40. The van der Waals surface area contributed by atoms with Crippen molar-refractivity contribution in [3.63, 3.8) is 0 Å². The number of hydrogen-bond acceptors (Lipinski definition) is 5. The highest BCUT2D eigenvalue weighted by Crippen LogP contribution is 2.26. The predicted molar refractivity (Wildman–Crippen MR) is 71.3 cm³/mol. The molecule has 7 heteroatoms. The van der Waals surface area contributed by atoms with Crippen LogP contribution in [-0.2, 0) is 0 Å². The van der Waals surface area contributed by atoms with Crippen molar-refractivity contribution in [2.45, 2.75) is 13.3 Å². The molecule has 0 saturated carbocycles. The van der Waals surface area contributed by atoms with Gasteiger partial charge in [0.15, 0.2) is 5.84 Å². The Morgan fingerprint density at radius 3 is 2.89 bits per heavy atom. The minimum absolute atomic E-state index is 0.0538. The fraction of sp³-hybridized carbons (Fsp3) is 0.455. The summed E-state index contributed by atoms with van der Waals surface area (Å²) in [6.45, 7) is 3.41. The lowest BCUT2D eigenvalue weighted by Crippen LogP contribution is -2.27. The molecule has 0 atom stereocenters. The molecule has 1 heterocycles. The van der Waals surface area contributed by atoms with Crippen molar-refractivity contribution in [2.75, 3.05) is 24.6 Å². The van der Waals surface area contributed by atoms with Gasteiger partial charge in [-0.05, 0) is 19.4 Å². The van der Waals surface area contributed by atoms with Crippen molar-refractivity contribution >= 4 is 23.3 Å². The third kappa shape index (κ3) is 3.24. The van der Waals surface area contributed by atoms with Gasteiger partial charge >= 0.3 is 0 Å². The maximum absolute atomic E-state index is 8.86. The van der Waals surface area contributed by atoms with Crippen molar-refractivity contribution < 1.29 is 10.3 Å². The van der Waals surface area contributed by atoms with Gasteiger partial charge in [0.25, 0.3) is 0 Å². The Bertz CT molecular complexity index is 426. The van der Waals surface area contributed by atoms with Crippen molar-refractivity contribution in [3.05, 3.63) is 22.8 Å². The maximum Gasteiger partial charge on any atom is 0.171 e. The first-order valence-corrected chi connectivity index (χ1v) is 6.01. The van der Waals surface area contributed by atoms with Crippen molar-refractivity contribution in [2.24, 2.45) is 10.9 Å². The third-order valence-corrected chi connectivity index (χ3v) is 2.89. The van der Waals surface area contributed by atoms with Gasteiger partial charge in [0.2, 0.25) is 0 Å². The van der Waals surface area contributed by atoms with Crippen molar-refractivity contribution in [1.82, 2.24) is 4.98 Å². The second-order valence-electron chi connectivity index (χ2n) is 3.64. The molecule has 0 spiro atoms. The number of nitrogens with two attached hydrogens (primary N) is 1. The van der Waals surface area contributed by atoms with Gasteiger partial charge in [-0.25, -0.2) is 4.98 Å². The molecule has 1 aromatic rings. The summed E-state index contributed by atoms with van der Waals surface area (Å²) < 4.78 is 0. The molecule has 0 unspecified atom stereocenters. The van der Waals surface area contributed by atoms with Crippen LogP contribution in [0.5, 0.6) is 0 Å². The SMILES string of the molecule is CCN(CCCO)c1nccc(/C(N)=N/O)c1Cl. The molecule has 1 aromatic heterocycles. The summed E-state index contributed by atoms with van der Waals surface area (Å²) in [5.74, 6) is 0.513. The number of aliphatic hydroxyl groups is 1. The number of aromatic nitrogens is 1. The monoisotopic (exact) mass is 272 g/mol. The van der Waals surface area contributed by atoms with Gasteiger partial charge in [-0.3, -0.25) is 0 Å². The Morgan fingerprint density at radius 1 is 1.61 bits per heavy atom. The quantitative estimate of drug-likeness (QED) is 0.311. The minimum Gasteiger partial charge on any atom is -0.409 e. The zero-order valence-electron chi connectivity index (χ0n) is 10.2. The summed E-state index contributed by atoms with van der Waals surface area (Å²) >= 11 is 6.20. The van der Waals surface area contributed by atoms with E-state index >= 15 is 0 Å². The fourth-order valence-electron chi connectivity index (χ4n) is 1.58. The summed E-state index contributed by atoms with van der Waals surface area (Å²) in [5.41, 5.74) is 5.97. The summed E-state index contributed by atoms with van der Waals surface area (Å²) in [6.07, 6.45) is 2.18. The van der Waals surface area contributed by atoms with Crippen molar-refractivity contribution in [3.8, 4) is 0 Å². The topological polar surface area (TPSA) is 95.0 Å². The summed E-state index contributed by atoms with van der Waals surface area (Å²) in [5, 5.41) is 20.8. The molecule has 0 fully saturated rings. The standard InChI is InChI=1S/C11H17ClN4O2/c1-2-16(6-3-7-17)11-9(12)8(4-5-14-11)10(13)15-18/h4-5,17-18H,2-3,6-7H2,1H3,(H2,13,15). The summed E-state index contributed by atoms with van der Waals surface area (Å²) in [6, 6.07) is 1.58. The van der Waals surface area contributed by atoms with E-state index in [9.17, 15) is 0 Å². The Morgan fingerprint density at radius 2 is 2.33 bits per heavy atom. The van der Waals surface area contributed by atoms with E-state index in [-0.39, 0.29) is 12.4 Å². The molecule has 6 nitrogen and oxygen atoms in total. The van der Waals surface area contributed by atoms with E-state index in [1.807, 2.05) is 11.8 Å². The first-order chi connectivity index (χ1) is 8.65. The number of hydrogen-bond donors (Lipinski definition) is 3. The van der Waals surface area contributed by atoms with Gasteiger partial charge in [-0.1, -0.05) is 16.8 Å². The number of nitrogens with zero attached hydrogens (tertiary/aromatic N) is 3. The Balaban J connectivity index is 3.08. The minimum atomic E-state index is -0.0538. The molecule has 0 bridgehead atoms. The van der Waals surface area contributed by atoms with Crippen LogP contribution in [0.4, 0.5) is 5.82 Å². The number of pyridine rings is 1. The molecule has 0 aromatic carbocycles. The third-order valence-electron chi connectivity index (χ3n) is 2.52. The number of aliphatic hydroxyl groups excluding tert-OH is 1. The van der Waals surface area contributed by atoms with Crippen LogP contribution in [0.25, 0.3) is 0 Å². The number of rotatable bonds is 6. The van der Waals surface area contributed by atoms with Gasteiger partial charge in [0.05, 0.1) is 5.02 Å². The van der Waals surface area contributed by atoms with Crippen molar-refractivity contribution in [1.29, 1.82) is 0 Å². The van der Waals surface area contributed by atoms with Gasteiger partial charge in [0.1, 0.15) is 5.82 Å². The highest BCUT2D eigenvalue weighted by molar-refractivity contribution is 6.36. The molecule has 100 valence electrons. The summed E-state index contributed by atoms with van der Waals surface area (Å²) in [4.78, 5) is 6.12. The second-order valence-corrected chi connectivity index (χ2v) is 4.02. The highest BCUT2D eigenvalue weighted by atomic mass is 35.5. The van der Waals surface area contributed by atoms with Crippen LogP contribution in [0.15, 0.2) is 17.4 Å². The van der Waals surface area contributed by atoms with E-state index in [1.54, 1.807) is 12.3 Å². The Labute approximate surface area is 111 Å². The van der Waals surface area contributed by atoms with Crippen LogP contribution < -0.4 is 10.6 Å². The van der Waals surface area contributed by atoms with Gasteiger partial charge in [-0.2, -0.15) is 0 Å². The fourth-order valence-corrected chi connectivity index (χ4v) is 1.91. The zero-order valence-corrected chi connectivity index (χ0v) is 10.9. The lowest BCUT2D eigenvalue weighted by molar-refractivity contribution is 0.289. The lowest BCUT2D eigenvalue weighted by Gasteiger charge is -2.23. The highest BCUT2D eigenvalue weighted by Gasteiger charge is 2.15. The molecular weight excluding hydrogens is 256 g/mol. The molecule has 0 saturated heterocycles. The van der Waals surface area contributed by atoms with E-state index < -0.39 is 0 Å². The largest absolute Gasteiger partial charge is 0.409 e. The van der Waals surface area contributed by atoms with Gasteiger partial charge in [-0.15, -0.1) is 0 Å². The normalized spacial score (nSPS) is 11.6. The maximum atomic E-state index is 8.86. The van der Waals surface area contributed by atoms with Crippen LogP contribution in [0.1, 0.15) is 18.9 Å². The number of amidine groups is 1. The van der Waals surface area contributed by atoms with E-state index in [0.717, 1.165) is 0 Å². The Kier molecular flexibility index (Phi) is 5.67. The van der Waals surface area contributed by atoms with Gasteiger partial charge in [0, 0.05) is 31.5 Å². The Hall–Kier alpha value is -1.53. The molecule has 1 rings (SSSR count). The average molecular weight is 273 g/mol. The van der Waals surface area contributed by atoms with E-state index in [1.165, 1.54) is 0 Å². The molecule has 0 aliphatic carbocycles. The lowest BCUT2D eigenvalue weighted by atomic mass is 10.2. The number of anilines is 1. The first-order valence-electron chi connectivity index (χ1n) is 5.63. The molecule has 4 N–H and O–H groups in total. The van der Waals surface area contributed by atoms with E-state index in [0.29, 0.717) is 35.9 Å². The molecular formula is C11H17ClN4O2. The van der Waals surface area contributed by atoms with Crippen LogP contribution in [-0.4, -0.2) is 40.8 Å².